The predicted molar refractivity (Wildman–Crippen MR) is 123 cm³/mol. The van der Waals surface area contributed by atoms with Gasteiger partial charge in [0.25, 0.3) is 0 Å². The lowest BCUT2D eigenvalue weighted by Crippen LogP contribution is -2.53. The largest absolute Gasteiger partial charge is 0.494 e. The minimum atomic E-state index is -0.0718. The van der Waals surface area contributed by atoms with Crippen molar-refractivity contribution in [3.63, 3.8) is 0 Å². The molecular formula is C25H31N5O2. The Labute approximate surface area is 189 Å². The Kier molecular flexibility index (Phi) is 6.01. The van der Waals surface area contributed by atoms with Crippen LogP contribution in [0.25, 0.3) is 0 Å². The highest BCUT2D eigenvalue weighted by atomic mass is 16.5. The summed E-state index contributed by atoms with van der Waals surface area (Å²) < 4.78 is 5.79. The summed E-state index contributed by atoms with van der Waals surface area (Å²) in [5.41, 5.74) is 9.50. The standard InChI is InChI=1S/C25H31N5O2/c1-2-3-17-32-21-11-9-20(10-12-21)22-18-23-24-27-30(14-13-19-7-5-4-6-8-19)25(31)28(24)15-16-29(23)26-22/h4-12,15-16,22-24,26-27H,2-3,13-14,17-18H2,1H3. The third kappa shape index (κ3) is 4.18. The number of carbonyl (C=O) groups excluding carboxylic acids is 1. The average Bonchev–Trinajstić information content (AvgIpc) is 3.40. The number of fused-ring (bicyclic) bond motifs is 3. The van der Waals surface area contributed by atoms with Gasteiger partial charge in [-0.3, -0.25) is 9.91 Å². The fraction of sp³-hybridized carbons (Fsp3) is 0.400. The number of ether oxygens (including phenoxy) is 1. The van der Waals surface area contributed by atoms with Crippen molar-refractivity contribution >= 4 is 6.03 Å². The molecule has 0 radical (unpaired) electrons. The SMILES string of the molecule is CCCCOc1ccc(C2CC3C4NN(CCc5ccccc5)C(=O)N4C=CN3N2)cc1. The van der Waals surface area contributed by atoms with Gasteiger partial charge >= 0.3 is 6.03 Å². The first kappa shape index (κ1) is 20.8. The zero-order valence-electron chi connectivity index (χ0n) is 18.5. The molecule has 2 N–H and O–H groups in total. The fourth-order valence-corrected chi connectivity index (χ4v) is 4.61. The molecule has 2 fully saturated rings. The first-order valence-electron chi connectivity index (χ1n) is 11.6. The van der Waals surface area contributed by atoms with Gasteiger partial charge in [-0.2, -0.15) is 0 Å². The van der Waals surface area contributed by atoms with Gasteiger partial charge in [0, 0.05) is 18.9 Å². The minimum Gasteiger partial charge on any atom is -0.494 e. The Morgan fingerprint density at radius 1 is 1.03 bits per heavy atom. The van der Waals surface area contributed by atoms with E-state index >= 15 is 0 Å². The second kappa shape index (κ2) is 9.22. The maximum absolute atomic E-state index is 12.9. The Morgan fingerprint density at radius 3 is 2.62 bits per heavy atom. The van der Waals surface area contributed by atoms with E-state index in [0.717, 1.165) is 38.0 Å². The van der Waals surface area contributed by atoms with Crippen LogP contribution in [0.5, 0.6) is 5.75 Å². The molecule has 7 heteroatoms. The lowest BCUT2D eigenvalue weighted by atomic mass is 10.00. The van der Waals surface area contributed by atoms with Gasteiger partial charge in [0.15, 0.2) is 0 Å². The number of hydrogen-bond acceptors (Lipinski definition) is 5. The lowest BCUT2D eigenvalue weighted by Gasteiger charge is -2.34. The van der Waals surface area contributed by atoms with Gasteiger partial charge in [-0.05, 0) is 42.5 Å². The first-order valence-corrected chi connectivity index (χ1v) is 11.6. The molecule has 0 aliphatic carbocycles. The van der Waals surface area contributed by atoms with E-state index in [0.29, 0.717) is 6.54 Å². The number of benzene rings is 2. The Balaban J connectivity index is 1.21. The average molecular weight is 434 g/mol. The highest BCUT2D eigenvalue weighted by Crippen LogP contribution is 2.35. The molecule has 168 valence electrons. The molecule has 0 aromatic heterocycles. The summed E-state index contributed by atoms with van der Waals surface area (Å²) in [6.07, 6.45) is 7.72. The topological polar surface area (TPSA) is 60.1 Å². The summed E-state index contributed by atoms with van der Waals surface area (Å²) in [4.78, 5) is 14.8. The molecule has 32 heavy (non-hydrogen) atoms. The van der Waals surface area contributed by atoms with E-state index in [2.05, 4.69) is 59.2 Å². The quantitative estimate of drug-likeness (QED) is 0.621. The fourth-order valence-electron chi connectivity index (χ4n) is 4.61. The zero-order chi connectivity index (χ0) is 21.9. The predicted octanol–water partition coefficient (Wildman–Crippen LogP) is 3.78. The lowest BCUT2D eigenvalue weighted by molar-refractivity contribution is 0.133. The Bertz CT molecular complexity index is 949. The molecule has 3 unspecified atom stereocenters. The minimum absolute atomic E-state index is 0.0128. The number of hydrogen-bond donors (Lipinski definition) is 2. The third-order valence-electron chi connectivity index (χ3n) is 6.45. The van der Waals surface area contributed by atoms with Crippen molar-refractivity contribution in [3.8, 4) is 5.75 Å². The highest BCUT2D eigenvalue weighted by Gasteiger charge is 2.47. The zero-order valence-corrected chi connectivity index (χ0v) is 18.5. The summed E-state index contributed by atoms with van der Waals surface area (Å²) >= 11 is 0. The van der Waals surface area contributed by atoms with E-state index in [4.69, 9.17) is 4.74 Å². The molecule has 7 nitrogen and oxygen atoms in total. The summed E-state index contributed by atoms with van der Waals surface area (Å²) in [6, 6.07) is 19.0. The van der Waals surface area contributed by atoms with Crippen LogP contribution < -0.4 is 15.6 Å². The van der Waals surface area contributed by atoms with Crippen LogP contribution in [0, 0.1) is 0 Å². The van der Waals surface area contributed by atoms with Crippen LogP contribution >= 0.6 is 0 Å². The van der Waals surface area contributed by atoms with Gasteiger partial charge < -0.3 is 9.75 Å². The number of carbonyl (C=O) groups is 1. The van der Waals surface area contributed by atoms with E-state index in [9.17, 15) is 4.79 Å². The van der Waals surface area contributed by atoms with Crippen LogP contribution in [-0.2, 0) is 6.42 Å². The molecule has 2 amide bonds. The van der Waals surface area contributed by atoms with Crippen molar-refractivity contribution < 1.29 is 9.53 Å². The number of hydrazine groups is 2. The number of nitrogens with one attached hydrogen (secondary N) is 2. The maximum atomic E-state index is 12.9. The van der Waals surface area contributed by atoms with Gasteiger partial charge in [0.2, 0.25) is 0 Å². The summed E-state index contributed by atoms with van der Waals surface area (Å²) in [5.74, 6) is 0.918. The molecule has 2 saturated heterocycles. The van der Waals surface area contributed by atoms with Gasteiger partial charge in [-0.1, -0.05) is 55.8 Å². The van der Waals surface area contributed by atoms with Crippen molar-refractivity contribution in [2.45, 2.75) is 50.9 Å². The van der Waals surface area contributed by atoms with Crippen LogP contribution in [0.4, 0.5) is 4.79 Å². The van der Waals surface area contributed by atoms with E-state index in [1.807, 2.05) is 35.5 Å². The summed E-state index contributed by atoms with van der Waals surface area (Å²) in [7, 11) is 0. The monoisotopic (exact) mass is 433 g/mol. The molecule has 3 aliphatic heterocycles. The molecule has 0 bridgehead atoms. The number of unbranched alkanes of at least 4 members (excludes halogenated alkanes) is 1. The van der Waals surface area contributed by atoms with Crippen molar-refractivity contribution in [1.29, 1.82) is 0 Å². The molecule has 2 aromatic carbocycles. The Morgan fingerprint density at radius 2 is 1.84 bits per heavy atom. The van der Waals surface area contributed by atoms with Crippen molar-refractivity contribution in [1.82, 2.24) is 25.8 Å². The molecule has 0 spiro atoms. The van der Waals surface area contributed by atoms with Gasteiger partial charge in [0.05, 0.1) is 18.7 Å². The molecule has 0 saturated carbocycles. The molecule has 3 atom stereocenters. The molecule has 5 rings (SSSR count). The van der Waals surface area contributed by atoms with Crippen molar-refractivity contribution in [2.24, 2.45) is 0 Å². The summed E-state index contributed by atoms with van der Waals surface area (Å²) in [5, 5.41) is 3.89. The number of rotatable bonds is 8. The van der Waals surface area contributed by atoms with E-state index in [1.165, 1.54) is 11.1 Å². The van der Waals surface area contributed by atoms with Crippen molar-refractivity contribution in [2.75, 3.05) is 13.2 Å². The highest BCUT2D eigenvalue weighted by molar-refractivity contribution is 5.77. The van der Waals surface area contributed by atoms with Gasteiger partial charge in [-0.25, -0.2) is 15.6 Å². The van der Waals surface area contributed by atoms with Gasteiger partial charge in [0.1, 0.15) is 11.9 Å². The van der Waals surface area contributed by atoms with Crippen LogP contribution in [-0.4, -0.2) is 46.3 Å². The number of urea groups is 1. The smallest absolute Gasteiger partial charge is 0.339 e. The third-order valence-corrected chi connectivity index (χ3v) is 6.45. The second-order valence-electron chi connectivity index (χ2n) is 8.61. The second-order valence-corrected chi connectivity index (χ2v) is 8.61. The van der Waals surface area contributed by atoms with E-state index in [-0.39, 0.29) is 24.3 Å². The molecular weight excluding hydrogens is 402 g/mol. The van der Waals surface area contributed by atoms with Crippen LogP contribution in [0.3, 0.4) is 0 Å². The normalized spacial score (nSPS) is 24.1. The van der Waals surface area contributed by atoms with E-state index in [1.54, 1.807) is 5.01 Å². The van der Waals surface area contributed by atoms with Gasteiger partial charge in [-0.15, -0.1) is 0 Å². The van der Waals surface area contributed by atoms with Crippen LogP contribution in [0.15, 0.2) is 67.0 Å². The number of nitrogens with zero attached hydrogens (tertiary/aromatic N) is 3. The maximum Gasteiger partial charge on any atom is 0.339 e. The molecule has 2 aromatic rings. The van der Waals surface area contributed by atoms with E-state index < -0.39 is 0 Å². The van der Waals surface area contributed by atoms with Crippen LogP contribution in [0.2, 0.25) is 0 Å². The molecule has 3 aliphatic rings. The first-order chi connectivity index (χ1) is 15.7. The van der Waals surface area contributed by atoms with Crippen molar-refractivity contribution in [3.05, 3.63) is 78.1 Å². The summed E-state index contributed by atoms with van der Waals surface area (Å²) in [6.45, 7) is 3.57. The number of amides is 2. The Hall–Kier alpha value is -3.03. The molecule has 3 heterocycles. The van der Waals surface area contributed by atoms with Crippen LogP contribution in [0.1, 0.15) is 43.4 Å².